The van der Waals surface area contributed by atoms with Gasteiger partial charge in [-0.05, 0) is 68.3 Å². The van der Waals surface area contributed by atoms with E-state index in [2.05, 4.69) is 37.3 Å². The van der Waals surface area contributed by atoms with Crippen molar-refractivity contribution in [2.45, 2.75) is 45.6 Å². The highest BCUT2D eigenvalue weighted by molar-refractivity contribution is 6.12. The van der Waals surface area contributed by atoms with Crippen molar-refractivity contribution in [3.63, 3.8) is 0 Å². The molecular weight excluding hydrogens is 412 g/mol. The lowest BCUT2D eigenvalue weighted by Crippen LogP contribution is -2.50. The normalized spacial score (nSPS) is 16.5. The fourth-order valence-electron chi connectivity index (χ4n) is 4.82. The maximum absolute atomic E-state index is 13.5. The number of ether oxygens (including phenoxy) is 1. The van der Waals surface area contributed by atoms with Crippen molar-refractivity contribution < 1.29 is 14.3 Å². The Kier molecular flexibility index (Phi) is 5.15. The lowest BCUT2D eigenvalue weighted by Gasteiger charge is -2.40. The summed E-state index contributed by atoms with van der Waals surface area (Å²) >= 11 is 0. The third-order valence-electron chi connectivity index (χ3n) is 6.49. The first kappa shape index (κ1) is 21.5. The summed E-state index contributed by atoms with van der Waals surface area (Å²) in [4.78, 5) is 29.4. The second-order valence-electron chi connectivity index (χ2n) is 10.2. The number of anilines is 1. The van der Waals surface area contributed by atoms with Gasteiger partial charge in [-0.3, -0.25) is 4.79 Å². The van der Waals surface area contributed by atoms with Gasteiger partial charge in [0.2, 0.25) is 0 Å². The molecule has 0 bridgehead atoms. The molecule has 2 aliphatic rings. The van der Waals surface area contributed by atoms with Gasteiger partial charge in [0.15, 0.2) is 0 Å². The van der Waals surface area contributed by atoms with Gasteiger partial charge in [-0.1, -0.05) is 42.5 Å². The van der Waals surface area contributed by atoms with Gasteiger partial charge in [-0.2, -0.15) is 0 Å². The van der Waals surface area contributed by atoms with Crippen LogP contribution in [0.1, 0.15) is 53.7 Å². The van der Waals surface area contributed by atoms with Crippen molar-refractivity contribution in [3.8, 4) is 0 Å². The molecule has 2 amide bonds. The van der Waals surface area contributed by atoms with Crippen LogP contribution in [-0.2, 0) is 11.2 Å². The Morgan fingerprint density at radius 2 is 1.79 bits per heavy atom. The third kappa shape index (κ3) is 4.08. The summed E-state index contributed by atoms with van der Waals surface area (Å²) in [5.74, 6) is 0.346. The molecule has 2 heterocycles. The van der Waals surface area contributed by atoms with Gasteiger partial charge in [-0.25, -0.2) is 4.79 Å². The Balaban J connectivity index is 1.35. The summed E-state index contributed by atoms with van der Waals surface area (Å²) in [6, 6.07) is 18.7. The predicted molar refractivity (Wildman–Crippen MR) is 131 cm³/mol. The van der Waals surface area contributed by atoms with Crippen molar-refractivity contribution in [3.05, 3.63) is 76.9 Å². The molecule has 5 rings (SSSR count). The molecule has 0 atom stereocenters. The Hall–Kier alpha value is -3.34. The summed E-state index contributed by atoms with van der Waals surface area (Å²) in [6.45, 7) is 9.69. The van der Waals surface area contributed by atoms with E-state index < -0.39 is 5.60 Å². The van der Waals surface area contributed by atoms with Gasteiger partial charge in [0.1, 0.15) is 5.60 Å². The topological polar surface area (TPSA) is 49.9 Å². The van der Waals surface area contributed by atoms with Crippen LogP contribution in [0.3, 0.4) is 0 Å². The molecule has 170 valence electrons. The molecule has 0 radical (unpaired) electrons. The van der Waals surface area contributed by atoms with Crippen molar-refractivity contribution in [2.24, 2.45) is 0 Å². The first-order valence-electron chi connectivity index (χ1n) is 11.6. The summed E-state index contributed by atoms with van der Waals surface area (Å²) in [5.41, 5.74) is 4.72. The second kappa shape index (κ2) is 7.91. The summed E-state index contributed by atoms with van der Waals surface area (Å²) in [7, 11) is 0. The fraction of sp³-hybridized carbons (Fsp3) is 0.357. The number of fused-ring (bicyclic) bond motifs is 2. The molecule has 0 aromatic heterocycles. The van der Waals surface area contributed by atoms with Crippen molar-refractivity contribution in [2.75, 3.05) is 24.5 Å². The molecule has 5 nitrogen and oxygen atoms in total. The minimum absolute atomic E-state index is 0.0579. The molecule has 3 aromatic rings. The van der Waals surface area contributed by atoms with E-state index in [0.29, 0.717) is 19.6 Å². The number of carbonyl (C=O) groups excluding carboxylic acids is 2. The molecule has 0 aliphatic carbocycles. The molecule has 2 aliphatic heterocycles. The molecular formula is C28H30N2O3. The quantitative estimate of drug-likeness (QED) is 0.513. The molecule has 3 aromatic carbocycles. The average molecular weight is 443 g/mol. The van der Waals surface area contributed by atoms with Gasteiger partial charge in [0.25, 0.3) is 5.91 Å². The van der Waals surface area contributed by atoms with Gasteiger partial charge in [0, 0.05) is 36.5 Å². The second-order valence-corrected chi connectivity index (χ2v) is 10.2. The zero-order valence-electron chi connectivity index (χ0n) is 19.7. The first-order valence-corrected chi connectivity index (χ1v) is 11.6. The van der Waals surface area contributed by atoms with Crippen LogP contribution >= 0.6 is 0 Å². The molecule has 0 saturated carbocycles. The van der Waals surface area contributed by atoms with Crippen LogP contribution in [0.4, 0.5) is 10.5 Å². The van der Waals surface area contributed by atoms with E-state index in [9.17, 15) is 9.59 Å². The average Bonchev–Trinajstić information content (AvgIpc) is 2.71. The molecule has 1 saturated heterocycles. The summed E-state index contributed by atoms with van der Waals surface area (Å²) < 4.78 is 5.46. The number of hydrogen-bond acceptors (Lipinski definition) is 3. The van der Waals surface area contributed by atoms with Crippen molar-refractivity contribution in [1.29, 1.82) is 0 Å². The zero-order chi connectivity index (χ0) is 23.3. The number of aryl methyl sites for hydroxylation is 1. The van der Waals surface area contributed by atoms with E-state index >= 15 is 0 Å². The monoisotopic (exact) mass is 442 g/mol. The first-order chi connectivity index (χ1) is 15.7. The minimum atomic E-state index is -0.483. The number of nitrogens with zero attached hydrogens (tertiary/aromatic N) is 2. The number of amides is 2. The smallest absolute Gasteiger partial charge is 0.410 e. The molecule has 0 N–H and O–H groups in total. The fourth-order valence-corrected chi connectivity index (χ4v) is 4.82. The van der Waals surface area contributed by atoms with Gasteiger partial charge >= 0.3 is 6.09 Å². The zero-order valence-corrected chi connectivity index (χ0v) is 19.7. The number of benzene rings is 3. The van der Waals surface area contributed by atoms with Crippen LogP contribution in [-0.4, -0.2) is 42.1 Å². The Bertz CT molecular complexity index is 1250. The van der Waals surface area contributed by atoms with Crippen LogP contribution in [0.2, 0.25) is 0 Å². The lowest BCUT2D eigenvalue weighted by atomic mass is 9.87. The van der Waals surface area contributed by atoms with E-state index in [4.69, 9.17) is 4.74 Å². The van der Waals surface area contributed by atoms with Crippen LogP contribution in [0.5, 0.6) is 0 Å². The lowest BCUT2D eigenvalue weighted by molar-refractivity contribution is 0.00819. The number of hydrogen-bond donors (Lipinski definition) is 0. The van der Waals surface area contributed by atoms with Crippen LogP contribution in [0.15, 0.2) is 54.6 Å². The van der Waals surface area contributed by atoms with Crippen molar-refractivity contribution >= 4 is 28.5 Å². The molecule has 0 spiro atoms. The number of carbonyl (C=O) groups is 2. The highest BCUT2D eigenvalue weighted by atomic mass is 16.6. The van der Waals surface area contributed by atoms with E-state index in [-0.39, 0.29) is 17.9 Å². The Morgan fingerprint density at radius 3 is 2.55 bits per heavy atom. The van der Waals surface area contributed by atoms with E-state index in [1.165, 1.54) is 5.56 Å². The highest BCUT2D eigenvalue weighted by Crippen LogP contribution is 2.35. The van der Waals surface area contributed by atoms with Crippen LogP contribution in [0.25, 0.3) is 10.8 Å². The minimum Gasteiger partial charge on any atom is -0.444 e. The van der Waals surface area contributed by atoms with Crippen LogP contribution < -0.4 is 4.90 Å². The van der Waals surface area contributed by atoms with Gasteiger partial charge < -0.3 is 14.5 Å². The third-order valence-corrected chi connectivity index (χ3v) is 6.49. The predicted octanol–water partition coefficient (Wildman–Crippen LogP) is 5.69. The largest absolute Gasteiger partial charge is 0.444 e. The maximum atomic E-state index is 13.5. The highest BCUT2D eigenvalue weighted by Gasteiger charge is 2.35. The summed E-state index contributed by atoms with van der Waals surface area (Å²) in [6.07, 6.45) is 0.563. The summed E-state index contributed by atoms with van der Waals surface area (Å²) in [5, 5.41) is 2.26. The van der Waals surface area contributed by atoms with Gasteiger partial charge in [-0.15, -0.1) is 0 Å². The van der Waals surface area contributed by atoms with Gasteiger partial charge in [0.05, 0.1) is 5.69 Å². The van der Waals surface area contributed by atoms with Crippen LogP contribution in [0, 0.1) is 6.92 Å². The Labute approximate surface area is 194 Å². The van der Waals surface area contributed by atoms with E-state index in [1.807, 2.05) is 49.9 Å². The van der Waals surface area contributed by atoms with E-state index in [1.54, 1.807) is 4.90 Å². The van der Waals surface area contributed by atoms with E-state index in [0.717, 1.165) is 39.6 Å². The molecule has 0 unspecified atom stereocenters. The number of rotatable bonds is 2. The Morgan fingerprint density at radius 1 is 1.03 bits per heavy atom. The SMILES string of the molecule is Cc1cc(N2CCc3cc(C4CN(C(=O)OC(C)(C)C)C4)ccc3C2=O)c2ccccc2c1. The number of likely N-dealkylation sites (tertiary alicyclic amines) is 1. The molecule has 33 heavy (non-hydrogen) atoms. The molecule has 5 heteroatoms. The standard InChI is InChI=1S/C28H30N2O3/c1-18-13-20-7-5-6-8-23(20)25(14-18)30-12-11-21-15-19(9-10-24(21)26(30)31)22-16-29(17-22)27(32)33-28(2,3)4/h5-10,13-15,22H,11-12,16-17H2,1-4H3. The van der Waals surface area contributed by atoms with Crippen molar-refractivity contribution in [1.82, 2.24) is 4.90 Å². The maximum Gasteiger partial charge on any atom is 0.410 e. The molecule has 1 fully saturated rings.